The van der Waals surface area contributed by atoms with E-state index < -0.39 is 0 Å². The van der Waals surface area contributed by atoms with Crippen molar-refractivity contribution in [3.63, 3.8) is 0 Å². The molecule has 1 amide bonds. The van der Waals surface area contributed by atoms with Crippen molar-refractivity contribution in [2.24, 2.45) is 5.92 Å². The van der Waals surface area contributed by atoms with E-state index in [1.54, 1.807) is 0 Å². The predicted molar refractivity (Wildman–Crippen MR) is 62.9 cm³/mol. The Morgan fingerprint density at radius 3 is 2.81 bits per heavy atom. The van der Waals surface area contributed by atoms with Gasteiger partial charge in [-0.3, -0.25) is 4.79 Å². The minimum atomic E-state index is 0.203. The predicted octanol–water partition coefficient (Wildman–Crippen LogP) is 1.72. The van der Waals surface area contributed by atoms with E-state index in [2.05, 4.69) is 17.1 Å². The van der Waals surface area contributed by atoms with Crippen LogP contribution in [0.15, 0.2) is 12.2 Å². The number of carbonyl (C=O) groups excluding carboxylic acids is 1. The smallest absolute Gasteiger partial charge is 0.226 e. The summed E-state index contributed by atoms with van der Waals surface area (Å²) in [7, 11) is 0. The van der Waals surface area contributed by atoms with Crippen LogP contribution in [0.2, 0.25) is 0 Å². The third-order valence-electron chi connectivity index (χ3n) is 3.71. The maximum Gasteiger partial charge on any atom is 0.226 e. The molecule has 16 heavy (non-hydrogen) atoms. The number of amides is 1. The quantitative estimate of drug-likeness (QED) is 0.737. The summed E-state index contributed by atoms with van der Waals surface area (Å²) in [6.07, 6.45) is 10.1. The summed E-state index contributed by atoms with van der Waals surface area (Å²) in [5, 5.41) is 8.85. The Kier molecular flexibility index (Phi) is 3.99. The molecule has 0 saturated carbocycles. The van der Waals surface area contributed by atoms with Crippen molar-refractivity contribution in [3.05, 3.63) is 12.2 Å². The largest absolute Gasteiger partial charge is 0.396 e. The fourth-order valence-corrected chi connectivity index (χ4v) is 2.81. The van der Waals surface area contributed by atoms with E-state index in [9.17, 15) is 4.79 Å². The summed E-state index contributed by atoms with van der Waals surface area (Å²) in [5.41, 5.74) is 0. The number of hydrogen-bond acceptors (Lipinski definition) is 2. The molecule has 0 aromatic carbocycles. The normalized spacial score (nSPS) is 25.6. The third kappa shape index (κ3) is 2.46. The van der Waals surface area contributed by atoms with E-state index in [0.717, 1.165) is 45.1 Å². The molecular weight excluding hydrogens is 202 g/mol. The van der Waals surface area contributed by atoms with E-state index in [1.165, 1.54) is 0 Å². The number of nitrogens with zero attached hydrogens (tertiary/aromatic N) is 1. The molecule has 0 bridgehead atoms. The third-order valence-corrected chi connectivity index (χ3v) is 3.71. The average Bonchev–Trinajstić information content (AvgIpc) is 2.96. The molecule has 1 fully saturated rings. The Bertz CT molecular complexity index is 267. The summed E-state index contributed by atoms with van der Waals surface area (Å²) in [6, 6.07) is 0.389. The summed E-state index contributed by atoms with van der Waals surface area (Å²) in [6.45, 7) is 1.16. The first-order chi connectivity index (χ1) is 7.83. The van der Waals surface area contributed by atoms with Crippen molar-refractivity contribution in [1.82, 2.24) is 4.90 Å². The van der Waals surface area contributed by atoms with Crippen molar-refractivity contribution in [2.75, 3.05) is 13.2 Å². The number of allylic oxidation sites excluding steroid dienone is 2. The number of aliphatic hydroxyl groups is 1. The van der Waals surface area contributed by atoms with Gasteiger partial charge < -0.3 is 10.0 Å². The maximum absolute atomic E-state index is 12.2. The Morgan fingerprint density at radius 2 is 2.12 bits per heavy atom. The van der Waals surface area contributed by atoms with E-state index in [-0.39, 0.29) is 12.5 Å². The fraction of sp³-hybridized carbons (Fsp3) is 0.769. The van der Waals surface area contributed by atoms with Gasteiger partial charge in [-0.15, -0.1) is 0 Å². The van der Waals surface area contributed by atoms with Gasteiger partial charge in [-0.2, -0.15) is 0 Å². The lowest BCUT2D eigenvalue weighted by atomic mass is 10.0. The number of hydrogen-bond donors (Lipinski definition) is 1. The van der Waals surface area contributed by atoms with Gasteiger partial charge in [0, 0.05) is 25.1 Å². The van der Waals surface area contributed by atoms with Crippen molar-refractivity contribution < 1.29 is 9.90 Å². The second kappa shape index (κ2) is 5.48. The van der Waals surface area contributed by atoms with Gasteiger partial charge >= 0.3 is 0 Å². The molecule has 0 spiro atoms. The van der Waals surface area contributed by atoms with E-state index >= 15 is 0 Å². The molecule has 1 atom stereocenters. The van der Waals surface area contributed by atoms with Crippen molar-refractivity contribution >= 4 is 5.91 Å². The molecular formula is C13H21NO2. The van der Waals surface area contributed by atoms with Crippen molar-refractivity contribution in [2.45, 2.75) is 44.6 Å². The molecule has 0 aromatic rings. The van der Waals surface area contributed by atoms with Gasteiger partial charge in [0.15, 0.2) is 0 Å². The summed E-state index contributed by atoms with van der Waals surface area (Å²) in [5.74, 6) is 0.542. The Hall–Kier alpha value is -0.830. The summed E-state index contributed by atoms with van der Waals surface area (Å²) >= 11 is 0. The van der Waals surface area contributed by atoms with Crippen LogP contribution in [0, 0.1) is 5.92 Å². The number of rotatable bonds is 4. The number of likely N-dealkylation sites (tertiary alicyclic amines) is 1. The molecule has 1 aliphatic carbocycles. The molecule has 90 valence electrons. The minimum Gasteiger partial charge on any atom is -0.396 e. The van der Waals surface area contributed by atoms with Crippen molar-refractivity contribution in [3.8, 4) is 0 Å². The molecule has 1 N–H and O–H groups in total. The second-order valence-electron chi connectivity index (χ2n) is 4.83. The zero-order chi connectivity index (χ0) is 11.4. The van der Waals surface area contributed by atoms with Crippen LogP contribution >= 0.6 is 0 Å². The van der Waals surface area contributed by atoms with Gasteiger partial charge in [0.1, 0.15) is 0 Å². The average molecular weight is 223 g/mol. The fourth-order valence-electron chi connectivity index (χ4n) is 2.81. The molecule has 1 unspecified atom stereocenters. The van der Waals surface area contributed by atoms with Gasteiger partial charge in [-0.1, -0.05) is 12.2 Å². The highest BCUT2D eigenvalue weighted by molar-refractivity contribution is 5.80. The van der Waals surface area contributed by atoms with Gasteiger partial charge in [0.2, 0.25) is 5.91 Å². The number of carbonyl (C=O) groups is 1. The zero-order valence-electron chi connectivity index (χ0n) is 9.77. The van der Waals surface area contributed by atoms with Crippen LogP contribution in [0.1, 0.15) is 38.5 Å². The van der Waals surface area contributed by atoms with Gasteiger partial charge in [-0.25, -0.2) is 0 Å². The molecule has 1 saturated heterocycles. The second-order valence-corrected chi connectivity index (χ2v) is 4.83. The lowest BCUT2D eigenvalue weighted by Crippen LogP contribution is -2.39. The lowest BCUT2D eigenvalue weighted by molar-refractivity contribution is -0.136. The van der Waals surface area contributed by atoms with E-state index in [1.807, 2.05) is 0 Å². The Morgan fingerprint density at radius 1 is 1.38 bits per heavy atom. The first kappa shape index (κ1) is 11.6. The SMILES string of the molecule is O=C(C1CC=CC1)N1CCCC1CCCO. The molecule has 1 heterocycles. The van der Waals surface area contributed by atoms with E-state index in [4.69, 9.17) is 5.11 Å². The molecule has 2 rings (SSSR count). The standard InChI is InChI=1S/C13H21NO2/c15-10-4-8-12-7-3-9-14(12)13(16)11-5-1-2-6-11/h1-2,11-12,15H,3-10H2. The highest BCUT2D eigenvalue weighted by atomic mass is 16.3. The molecule has 3 nitrogen and oxygen atoms in total. The molecule has 0 aromatic heterocycles. The molecule has 2 aliphatic rings. The highest BCUT2D eigenvalue weighted by Crippen LogP contribution is 2.27. The summed E-state index contributed by atoms with van der Waals surface area (Å²) < 4.78 is 0. The van der Waals surface area contributed by atoms with Crippen LogP contribution in [0.4, 0.5) is 0 Å². The van der Waals surface area contributed by atoms with E-state index in [0.29, 0.717) is 11.9 Å². The summed E-state index contributed by atoms with van der Waals surface area (Å²) in [4.78, 5) is 14.3. The molecule has 1 aliphatic heterocycles. The van der Waals surface area contributed by atoms with Crippen LogP contribution in [-0.4, -0.2) is 35.1 Å². The first-order valence-electron chi connectivity index (χ1n) is 6.39. The number of aliphatic hydroxyl groups excluding tert-OH is 1. The Balaban J connectivity index is 1.88. The maximum atomic E-state index is 12.2. The van der Waals surface area contributed by atoms with Gasteiger partial charge in [0.25, 0.3) is 0 Å². The van der Waals surface area contributed by atoms with Crippen LogP contribution in [-0.2, 0) is 4.79 Å². The van der Waals surface area contributed by atoms with Crippen LogP contribution in [0.5, 0.6) is 0 Å². The van der Waals surface area contributed by atoms with Crippen LogP contribution < -0.4 is 0 Å². The van der Waals surface area contributed by atoms with Crippen LogP contribution in [0.3, 0.4) is 0 Å². The monoisotopic (exact) mass is 223 g/mol. The van der Waals surface area contributed by atoms with Crippen LogP contribution in [0.25, 0.3) is 0 Å². The molecule has 0 radical (unpaired) electrons. The topological polar surface area (TPSA) is 40.5 Å². The van der Waals surface area contributed by atoms with Gasteiger partial charge in [0.05, 0.1) is 0 Å². The highest BCUT2D eigenvalue weighted by Gasteiger charge is 2.32. The minimum absolute atomic E-state index is 0.203. The Labute approximate surface area is 97.1 Å². The van der Waals surface area contributed by atoms with Crippen molar-refractivity contribution in [1.29, 1.82) is 0 Å². The first-order valence-corrected chi connectivity index (χ1v) is 6.39. The molecule has 3 heteroatoms. The zero-order valence-corrected chi connectivity index (χ0v) is 9.77. The lowest BCUT2D eigenvalue weighted by Gasteiger charge is -2.27. The van der Waals surface area contributed by atoms with Gasteiger partial charge in [-0.05, 0) is 38.5 Å².